The minimum atomic E-state index is 0.224. The zero-order chi connectivity index (χ0) is 11.1. The molecule has 15 heavy (non-hydrogen) atoms. The number of ketones is 1. The van der Waals surface area contributed by atoms with Gasteiger partial charge in [0.15, 0.2) is 0 Å². The Morgan fingerprint density at radius 1 is 1.60 bits per heavy atom. The van der Waals surface area contributed by atoms with Crippen LogP contribution in [0.5, 0.6) is 0 Å². The van der Waals surface area contributed by atoms with Crippen molar-refractivity contribution in [2.75, 3.05) is 18.8 Å². The number of nitrogens with zero attached hydrogens (tertiary/aromatic N) is 1. The summed E-state index contributed by atoms with van der Waals surface area (Å²) in [4.78, 5) is 15.4. The van der Waals surface area contributed by atoms with E-state index in [4.69, 9.17) is 5.73 Å². The number of carbonyl (C=O) groups is 1. The Hall–Kier alpha value is -1.42. The molecule has 0 amide bonds. The molecule has 0 radical (unpaired) electrons. The lowest BCUT2D eigenvalue weighted by Crippen LogP contribution is -2.18. The third-order valence-electron chi connectivity index (χ3n) is 2.08. The fourth-order valence-corrected chi connectivity index (χ4v) is 1.33. The van der Waals surface area contributed by atoms with Crippen LogP contribution in [-0.2, 0) is 11.2 Å². The van der Waals surface area contributed by atoms with Crippen LogP contribution in [0.15, 0.2) is 18.3 Å². The van der Waals surface area contributed by atoms with E-state index in [0.717, 1.165) is 18.7 Å². The molecular weight excluding hydrogens is 190 g/mol. The zero-order valence-electron chi connectivity index (χ0n) is 8.99. The number of pyridine rings is 1. The van der Waals surface area contributed by atoms with Gasteiger partial charge in [-0.1, -0.05) is 6.92 Å². The van der Waals surface area contributed by atoms with Crippen molar-refractivity contribution >= 4 is 11.6 Å². The number of nitrogens with two attached hydrogens (primary N) is 1. The first-order valence-electron chi connectivity index (χ1n) is 5.15. The SMILES string of the molecule is CCNCCC(=O)Cc1ccnc(N)c1. The minimum Gasteiger partial charge on any atom is -0.384 e. The first-order valence-corrected chi connectivity index (χ1v) is 5.15. The largest absolute Gasteiger partial charge is 0.384 e. The molecule has 0 atom stereocenters. The van der Waals surface area contributed by atoms with Crippen LogP contribution in [0.3, 0.4) is 0 Å². The van der Waals surface area contributed by atoms with Crippen LogP contribution >= 0.6 is 0 Å². The van der Waals surface area contributed by atoms with Crippen LogP contribution in [-0.4, -0.2) is 23.9 Å². The molecule has 1 heterocycles. The highest BCUT2D eigenvalue weighted by atomic mass is 16.1. The molecule has 0 aliphatic rings. The molecular formula is C11H17N3O. The average Bonchev–Trinajstić information content (AvgIpc) is 2.18. The van der Waals surface area contributed by atoms with Crippen LogP contribution in [0, 0.1) is 0 Å². The van der Waals surface area contributed by atoms with Crippen LogP contribution < -0.4 is 11.1 Å². The number of aromatic nitrogens is 1. The Labute approximate surface area is 89.9 Å². The minimum absolute atomic E-state index is 0.224. The molecule has 82 valence electrons. The lowest BCUT2D eigenvalue weighted by Gasteiger charge is -2.02. The molecule has 3 N–H and O–H groups in total. The van der Waals surface area contributed by atoms with Crippen LogP contribution in [0.2, 0.25) is 0 Å². The van der Waals surface area contributed by atoms with Gasteiger partial charge in [-0.05, 0) is 24.2 Å². The summed E-state index contributed by atoms with van der Waals surface area (Å²) in [5, 5.41) is 3.12. The Balaban J connectivity index is 2.37. The summed E-state index contributed by atoms with van der Waals surface area (Å²) in [7, 11) is 0. The number of carbonyl (C=O) groups excluding carboxylic acids is 1. The molecule has 1 aromatic rings. The quantitative estimate of drug-likeness (QED) is 0.676. The topological polar surface area (TPSA) is 68.0 Å². The molecule has 1 aromatic heterocycles. The molecule has 4 heteroatoms. The Morgan fingerprint density at radius 3 is 3.07 bits per heavy atom. The molecule has 0 aliphatic carbocycles. The predicted molar refractivity (Wildman–Crippen MR) is 60.5 cm³/mol. The Kier molecular flexibility index (Phi) is 4.77. The number of Topliss-reactive ketones (excluding diaryl/α,β-unsaturated/α-hetero) is 1. The Bertz CT molecular complexity index is 325. The van der Waals surface area contributed by atoms with Gasteiger partial charge in [0.25, 0.3) is 0 Å². The summed E-state index contributed by atoms with van der Waals surface area (Å²) in [6.07, 6.45) is 2.64. The maximum atomic E-state index is 11.5. The molecule has 0 aromatic carbocycles. The van der Waals surface area contributed by atoms with Gasteiger partial charge in [-0.3, -0.25) is 4.79 Å². The maximum absolute atomic E-state index is 11.5. The van der Waals surface area contributed by atoms with Gasteiger partial charge in [0, 0.05) is 25.6 Å². The maximum Gasteiger partial charge on any atom is 0.138 e. The Morgan fingerprint density at radius 2 is 2.40 bits per heavy atom. The van der Waals surface area contributed by atoms with Crippen molar-refractivity contribution in [3.05, 3.63) is 23.9 Å². The van der Waals surface area contributed by atoms with E-state index >= 15 is 0 Å². The molecule has 0 spiro atoms. The van der Waals surface area contributed by atoms with Gasteiger partial charge in [-0.25, -0.2) is 4.98 Å². The smallest absolute Gasteiger partial charge is 0.138 e. The van der Waals surface area contributed by atoms with Gasteiger partial charge in [0.05, 0.1) is 0 Å². The van der Waals surface area contributed by atoms with E-state index in [1.165, 1.54) is 0 Å². The lowest BCUT2D eigenvalue weighted by atomic mass is 10.1. The molecule has 0 saturated carbocycles. The molecule has 0 fully saturated rings. The second kappa shape index (κ2) is 6.14. The fourth-order valence-electron chi connectivity index (χ4n) is 1.33. The van der Waals surface area contributed by atoms with Crippen molar-refractivity contribution in [3.63, 3.8) is 0 Å². The number of nitrogen functional groups attached to an aromatic ring is 1. The van der Waals surface area contributed by atoms with E-state index in [0.29, 0.717) is 18.7 Å². The van der Waals surface area contributed by atoms with Crippen molar-refractivity contribution in [2.24, 2.45) is 0 Å². The number of rotatable bonds is 6. The molecule has 4 nitrogen and oxygen atoms in total. The number of anilines is 1. The summed E-state index contributed by atoms with van der Waals surface area (Å²) < 4.78 is 0. The number of nitrogens with one attached hydrogen (secondary N) is 1. The van der Waals surface area contributed by atoms with Gasteiger partial charge in [0.1, 0.15) is 11.6 Å². The second-order valence-electron chi connectivity index (χ2n) is 3.41. The third kappa shape index (κ3) is 4.56. The highest BCUT2D eigenvalue weighted by Gasteiger charge is 2.03. The fraction of sp³-hybridized carbons (Fsp3) is 0.455. The molecule has 0 bridgehead atoms. The lowest BCUT2D eigenvalue weighted by molar-refractivity contribution is -0.118. The van der Waals surface area contributed by atoms with Gasteiger partial charge in [0.2, 0.25) is 0 Å². The van der Waals surface area contributed by atoms with Crippen molar-refractivity contribution in [2.45, 2.75) is 19.8 Å². The zero-order valence-corrected chi connectivity index (χ0v) is 8.99. The monoisotopic (exact) mass is 207 g/mol. The molecule has 1 rings (SSSR count). The summed E-state index contributed by atoms with van der Waals surface area (Å²) >= 11 is 0. The highest BCUT2D eigenvalue weighted by molar-refractivity contribution is 5.81. The first kappa shape index (κ1) is 11.7. The standard InChI is InChI=1S/C11H17N3O/c1-2-13-5-4-10(15)7-9-3-6-14-11(12)8-9/h3,6,8,13H,2,4-5,7H2,1H3,(H2,12,14). The normalized spacial score (nSPS) is 10.2. The third-order valence-corrected chi connectivity index (χ3v) is 2.08. The summed E-state index contributed by atoms with van der Waals surface area (Å²) in [5.41, 5.74) is 6.46. The van der Waals surface area contributed by atoms with Crippen molar-refractivity contribution in [1.82, 2.24) is 10.3 Å². The van der Waals surface area contributed by atoms with Crippen molar-refractivity contribution < 1.29 is 4.79 Å². The van der Waals surface area contributed by atoms with E-state index < -0.39 is 0 Å². The van der Waals surface area contributed by atoms with Crippen LogP contribution in [0.25, 0.3) is 0 Å². The van der Waals surface area contributed by atoms with Gasteiger partial charge < -0.3 is 11.1 Å². The summed E-state index contributed by atoms with van der Waals surface area (Å²) in [6, 6.07) is 3.56. The van der Waals surface area contributed by atoms with Crippen LogP contribution in [0.4, 0.5) is 5.82 Å². The molecule has 0 aliphatic heterocycles. The van der Waals surface area contributed by atoms with E-state index in [2.05, 4.69) is 10.3 Å². The average molecular weight is 207 g/mol. The molecule has 0 saturated heterocycles. The van der Waals surface area contributed by atoms with Gasteiger partial charge >= 0.3 is 0 Å². The van der Waals surface area contributed by atoms with Crippen LogP contribution in [0.1, 0.15) is 18.9 Å². The first-order chi connectivity index (χ1) is 7.22. The van der Waals surface area contributed by atoms with Gasteiger partial charge in [-0.15, -0.1) is 0 Å². The predicted octanol–water partition coefficient (Wildman–Crippen LogP) is 0.775. The summed E-state index contributed by atoms with van der Waals surface area (Å²) in [5.74, 6) is 0.688. The van der Waals surface area contributed by atoms with Crippen molar-refractivity contribution in [3.8, 4) is 0 Å². The number of hydrogen-bond donors (Lipinski definition) is 2. The van der Waals surface area contributed by atoms with Gasteiger partial charge in [-0.2, -0.15) is 0 Å². The van der Waals surface area contributed by atoms with E-state index in [-0.39, 0.29) is 5.78 Å². The molecule has 0 unspecified atom stereocenters. The number of hydrogen-bond acceptors (Lipinski definition) is 4. The summed E-state index contributed by atoms with van der Waals surface area (Å²) in [6.45, 7) is 3.67. The van der Waals surface area contributed by atoms with Crippen molar-refractivity contribution in [1.29, 1.82) is 0 Å². The second-order valence-corrected chi connectivity index (χ2v) is 3.41. The highest BCUT2D eigenvalue weighted by Crippen LogP contribution is 2.05. The van der Waals surface area contributed by atoms with E-state index in [1.807, 2.05) is 13.0 Å². The van der Waals surface area contributed by atoms with E-state index in [1.54, 1.807) is 12.3 Å². The van der Waals surface area contributed by atoms with E-state index in [9.17, 15) is 4.79 Å².